The average molecular weight is 413 g/mol. The van der Waals surface area contributed by atoms with E-state index in [1.54, 1.807) is 0 Å². The van der Waals surface area contributed by atoms with E-state index < -0.39 is 0 Å². The van der Waals surface area contributed by atoms with Crippen LogP contribution in [0, 0.1) is 13.8 Å². The van der Waals surface area contributed by atoms with Crippen LogP contribution in [0.4, 0.5) is 5.82 Å². The van der Waals surface area contributed by atoms with Crippen molar-refractivity contribution in [1.82, 2.24) is 9.97 Å². The smallest absolute Gasteiger partial charge is 0.161 e. The van der Waals surface area contributed by atoms with E-state index in [0.717, 1.165) is 31.8 Å². The Labute approximate surface area is 142 Å². The quantitative estimate of drug-likeness (QED) is 0.728. The Morgan fingerprint density at radius 3 is 2.05 bits per heavy atom. The molecule has 1 N–H and O–H groups in total. The molecule has 0 bridgehead atoms. The summed E-state index contributed by atoms with van der Waals surface area (Å²) >= 11 is 7.20. The Hall–Kier alpha value is -0.940. The van der Waals surface area contributed by atoms with Crippen LogP contribution < -0.4 is 5.32 Å². The summed E-state index contributed by atoms with van der Waals surface area (Å²) in [7, 11) is 1.87. The first-order chi connectivity index (χ1) is 9.85. The predicted molar refractivity (Wildman–Crippen MR) is 96.0 cm³/mol. The van der Waals surface area contributed by atoms with Crippen LogP contribution in [0.15, 0.2) is 21.1 Å². The summed E-state index contributed by atoms with van der Waals surface area (Å²) in [5, 5.41) is 3.13. The van der Waals surface area contributed by atoms with Gasteiger partial charge >= 0.3 is 0 Å². The van der Waals surface area contributed by atoms with Crippen LogP contribution in [0.5, 0.6) is 0 Å². The van der Waals surface area contributed by atoms with Crippen molar-refractivity contribution in [1.29, 1.82) is 0 Å². The zero-order valence-electron chi connectivity index (χ0n) is 12.9. The van der Waals surface area contributed by atoms with E-state index >= 15 is 0 Å². The molecule has 0 aliphatic carbocycles. The van der Waals surface area contributed by atoms with Crippen LogP contribution in [0.3, 0.4) is 0 Å². The summed E-state index contributed by atoms with van der Waals surface area (Å²) in [5.41, 5.74) is 4.43. The minimum Gasteiger partial charge on any atom is -0.372 e. The number of hydrogen-bond acceptors (Lipinski definition) is 3. The van der Waals surface area contributed by atoms with Gasteiger partial charge in [0.15, 0.2) is 5.82 Å². The van der Waals surface area contributed by atoms with E-state index in [1.165, 1.54) is 11.1 Å². The summed E-state index contributed by atoms with van der Waals surface area (Å²) in [6, 6.07) is 4.23. The molecule has 3 nitrogen and oxygen atoms in total. The van der Waals surface area contributed by atoms with Crippen LogP contribution in [0.1, 0.15) is 36.6 Å². The van der Waals surface area contributed by atoms with Crippen LogP contribution in [0.2, 0.25) is 0 Å². The normalized spacial score (nSPS) is 11.0. The van der Waals surface area contributed by atoms with Gasteiger partial charge in [-0.15, -0.1) is 0 Å². The van der Waals surface area contributed by atoms with E-state index in [2.05, 4.69) is 82.0 Å². The summed E-state index contributed by atoms with van der Waals surface area (Å²) in [6.07, 6.45) is 0. The van der Waals surface area contributed by atoms with Gasteiger partial charge in [0.25, 0.3) is 0 Å². The van der Waals surface area contributed by atoms with Gasteiger partial charge in [-0.05, 0) is 59.0 Å². The van der Waals surface area contributed by atoms with Crippen molar-refractivity contribution in [3.8, 4) is 11.4 Å². The van der Waals surface area contributed by atoms with E-state index in [4.69, 9.17) is 4.98 Å². The first-order valence-corrected chi connectivity index (χ1v) is 8.46. The van der Waals surface area contributed by atoms with Gasteiger partial charge in [0, 0.05) is 17.1 Å². The number of aromatic nitrogens is 2. The van der Waals surface area contributed by atoms with Gasteiger partial charge in [-0.1, -0.05) is 29.8 Å². The molecular formula is C16H19Br2N3. The highest BCUT2D eigenvalue weighted by molar-refractivity contribution is 9.11. The highest BCUT2D eigenvalue weighted by atomic mass is 79.9. The predicted octanol–water partition coefficient (Wildman–Crippen LogP) is 5.45. The molecule has 5 heteroatoms. The molecule has 0 aliphatic rings. The second-order valence-corrected chi connectivity index (χ2v) is 7.01. The number of aryl methyl sites for hydroxylation is 2. The maximum Gasteiger partial charge on any atom is 0.161 e. The molecule has 0 atom stereocenters. The van der Waals surface area contributed by atoms with E-state index in [0.29, 0.717) is 5.92 Å². The highest BCUT2D eigenvalue weighted by Gasteiger charge is 2.16. The molecule has 0 amide bonds. The topological polar surface area (TPSA) is 37.8 Å². The molecule has 112 valence electrons. The standard InChI is InChI=1S/C16H19Br2N3/c1-8(2)14-13(18)16(19-5)21-15(20-14)11-6-9(3)12(17)10(4)7-11/h6-8H,1-5H3,(H,19,20,21). The molecule has 1 heterocycles. The van der Waals surface area contributed by atoms with Gasteiger partial charge in [-0.25, -0.2) is 9.97 Å². The van der Waals surface area contributed by atoms with Crippen molar-refractivity contribution in [3.05, 3.63) is 37.9 Å². The third kappa shape index (κ3) is 3.29. The molecule has 0 aliphatic heterocycles. The maximum atomic E-state index is 4.75. The largest absolute Gasteiger partial charge is 0.372 e. The minimum absolute atomic E-state index is 0.325. The number of nitrogens with zero attached hydrogens (tertiary/aromatic N) is 2. The number of benzene rings is 1. The van der Waals surface area contributed by atoms with Crippen LogP contribution in [-0.4, -0.2) is 17.0 Å². The van der Waals surface area contributed by atoms with Crippen molar-refractivity contribution < 1.29 is 0 Å². The Morgan fingerprint density at radius 2 is 1.57 bits per heavy atom. The number of rotatable bonds is 3. The van der Waals surface area contributed by atoms with Gasteiger partial charge in [-0.2, -0.15) is 0 Å². The lowest BCUT2D eigenvalue weighted by molar-refractivity contribution is 0.810. The molecule has 0 spiro atoms. The molecule has 0 saturated carbocycles. The van der Waals surface area contributed by atoms with Crippen molar-refractivity contribution >= 4 is 37.7 Å². The van der Waals surface area contributed by atoms with Gasteiger partial charge < -0.3 is 5.32 Å². The van der Waals surface area contributed by atoms with Gasteiger partial charge in [-0.3, -0.25) is 0 Å². The lowest BCUT2D eigenvalue weighted by Crippen LogP contribution is -2.05. The summed E-state index contributed by atoms with van der Waals surface area (Å²) < 4.78 is 2.08. The molecule has 0 radical (unpaired) electrons. The second kappa shape index (κ2) is 6.44. The lowest BCUT2D eigenvalue weighted by atomic mass is 10.1. The Bertz CT molecular complexity index is 658. The first-order valence-electron chi connectivity index (χ1n) is 6.87. The fraction of sp³-hybridized carbons (Fsp3) is 0.375. The van der Waals surface area contributed by atoms with E-state index in [-0.39, 0.29) is 0 Å². The SMILES string of the molecule is CNc1nc(-c2cc(C)c(Br)c(C)c2)nc(C(C)C)c1Br. The third-order valence-electron chi connectivity index (χ3n) is 3.36. The zero-order chi connectivity index (χ0) is 15.7. The Morgan fingerprint density at radius 1 is 1.00 bits per heavy atom. The Kier molecular flexibility index (Phi) is 5.04. The summed E-state index contributed by atoms with van der Waals surface area (Å²) in [6.45, 7) is 8.44. The fourth-order valence-corrected chi connectivity index (χ4v) is 3.28. The van der Waals surface area contributed by atoms with Crippen LogP contribution in [0.25, 0.3) is 11.4 Å². The zero-order valence-corrected chi connectivity index (χ0v) is 16.1. The number of nitrogens with one attached hydrogen (secondary N) is 1. The van der Waals surface area contributed by atoms with Crippen molar-refractivity contribution in [2.45, 2.75) is 33.6 Å². The van der Waals surface area contributed by atoms with Gasteiger partial charge in [0.1, 0.15) is 5.82 Å². The molecule has 21 heavy (non-hydrogen) atoms. The fourth-order valence-electron chi connectivity index (χ4n) is 2.22. The molecule has 0 unspecified atom stereocenters. The van der Waals surface area contributed by atoms with E-state index in [1.807, 2.05) is 7.05 Å². The van der Waals surface area contributed by atoms with Crippen LogP contribution >= 0.6 is 31.9 Å². The number of anilines is 1. The first kappa shape index (κ1) is 16.4. The van der Waals surface area contributed by atoms with Gasteiger partial charge in [0.05, 0.1) is 10.2 Å². The lowest BCUT2D eigenvalue weighted by Gasteiger charge is -2.14. The second-order valence-electron chi connectivity index (χ2n) is 5.42. The van der Waals surface area contributed by atoms with Crippen molar-refractivity contribution in [2.75, 3.05) is 12.4 Å². The third-order valence-corrected chi connectivity index (χ3v) is 5.39. The van der Waals surface area contributed by atoms with Crippen molar-refractivity contribution in [2.24, 2.45) is 0 Å². The maximum absolute atomic E-state index is 4.75. The molecule has 2 aromatic rings. The van der Waals surface area contributed by atoms with Crippen molar-refractivity contribution in [3.63, 3.8) is 0 Å². The van der Waals surface area contributed by atoms with Gasteiger partial charge in [0.2, 0.25) is 0 Å². The monoisotopic (exact) mass is 411 g/mol. The number of hydrogen-bond donors (Lipinski definition) is 1. The summed E-state index contributed by atoms with van der Waals surface area (Å²) in [5.74, 6) is 1.90. The van der Waals surface area contributed by atoms with Crippen LogP contribution in [-0.2, 0) is 0 Å². The molecule has 0 fully saturated rings. The molecule has 1 aromatic carbocycles. The minimum atomic E-state index is 0.325. The highest BCUT2D eigenvalue weighted by Crippen LogP contribution is 2.33. The molecular weight excluding hydrogens is 394 g/mol. The molecule has 2 rings (SSSR count). The number of halogens is 2. The molecule has 1 aromatic heterocycles. The summed E-state index contributed by atoms with van der Waals surface area (Å²) in [4.78, 5) is 9.38. The Balaban J connectivity index is 2.67. The van der Waals surface area contributed by atoms with E-state index in [9.17, 15) is 0 Å². The molecule has 0 saturated heterocycles. The average Bonchev–Trinajstić information content (AvgIpc) is 2.44.